The molecule has 0 aromatic carbocycles. The molecule has 0 saturated carbocycles. The lowest BCUT2D eigenvalue weighted by Crippen LogP contribution is -2.28. The minimum Gasteiger partial charge on any atom is -0.477 e. The molecule has 1 fully saturated rings. The summed E-state index contributed by atoms with van der Waals surface area (Å²) >= 11 is 0.787. The van der Waals surface area contributed by atoms with E-state index in [1.54, 1.807) is 0 Å². The molecule has 0 spiro atoms. The van der Waals surface area contributed by atoms with Crippen LogP contribution in [0.15, 0.2) is 12.1 Å². The smallest absolute Gasteiger partial charge is 0.345 e. The van der Waals surface area contributed by atoms with Crippen LogP contribution in [0, 0.1) is 0 Å². The number of sulfone groups is 1. The van der Waals surface area contributed by atoms with Gasteiger partial charge < -0.3 is 5.11 Å². The third kappa shape index (κ3) is 3.25. The number of sulfonamides is 1. The van der Waals surface area contributed by atoms with Gasteiger partial charge in [0.1, 0.15) is 9.88 Å². The molecule has 2 N–H and O–H groups in total. The van der Waals surface area contributed by atoms with E-state index in [-0.39, 0.29) is 27.8 Å². The fourth-order valence-electron chi connectivity index (χ4n) is 1.74. The second-order valence-electron chi connectivity index (χ2n) is 4.14. The first-order valence-corrected chi connectivity index (χ1v) is 9.43. The third-order valence-electron chi connectivity index (χ3n) is 2.69. The Morgan fingerprint density at radius 2 is 2.11 bits per heavy atom. The van der Waals surface area contributed by atoms with Crippen LogP contribution in [0.1, 0.15) is 16.1 Å². The molecular formula is C9H11NO6S3. The van der Waals surface area contributed by atoms with Crippen LogP contribution in [-0.2, 0) is 19.9 Å². The van der Waals surface area contributed by atoms with Gasteiger partial charge in [0, 0.05) is 0 Å². The highest BCUT2D eigenvalue weighted by molar-refractivity contribution is 7.97. The van der Waals surface area contributed by atoms with Crippen LogP contribution < -0.4 is 4.72 Å². The number of hydrogen-bond acceptors (Lipinski definition) is 6. The van der Waals surface area contributed by atoms with Crippen molar-refractivity contribution in [3.8, 4) is 0 Å². The van der Waals surface area contributed by atoms with Crippen LogP contribution in [0.4, 0.5) is 5.00 Å². The monoisotopic (exact) mass is 325 g/mol. The number of carboxylic acids is 1. The number of rotatable bonds is 4. The van der Waals surface area contributed by atoms with Crippen molar-refractivity contribution < 1.29 is 26.7 Å². The number of carboxylic acid groups (broad SMARTS) is 1. The number of hydrogen-bond donors (Lipinski definition) is 2. The van der Waals surface area contributed by atoms with Crippen molar-refractivity contribution in [2.45, 2.75) is 11.7 Å². The molecular weight excluding hydrogens is 314 g/mol. The molecule has 2 heterocycles. The van der Waals surface area contributed by atoms with Crippen LogP contribution in [0.25, 0.3) is 0 Å². The summed E-state index contributed by atoms with van der Waals surface area (Å²) in [4.78, 5) is 10.7. The van der Waals surface area contributed by atoms with E-state index >= 15 is 0 Å². The van der Waals surface area contributed by atoms with E-state index in [1.807, 2.05) is 0 Å². The summed E-state index contributed by atoms with van der Waals surface area (Å²) in [5.41, 5.74) is 0. The molecule has 1 aliphatic heterocycles. The Bertz CT molecular complexity index is 702. The summed E-state index contributed by atoms with van der Waals surface area (Å²) in [5.74, 6) is -1.66. The first-order valence-electron chi connectivity index (χ1n) is 5.25. The molecule has 1 saturated heterocycles. The van der Waals surface area contributed by atoms with Crippen LogP contribution in [0.5, 0.6) is 0 Å². The van der Waals surface area contributed by atoms with Crippen molar-refractivity contribution in [1.29, 1.82) is 0 Å². The zero-order valence-corrected chi connectivity index (χ0v) is 12.0. The van der Waals surface area contributed by atoms with Gasteiger partial charge in [-0.1, -0.05) is 0 Å². The molecule has 2 rings (SSSR count). The van der Waals surface area contributed by atoms with Gasteiger partial charge in [0.05, 0.1) is 16.8 Å². The van der Waals surface area contributed by atoms with Crippen molar-refractivity contribution >= 4 is 42.2 Å². The summed E-state index contributed by atoms with van der Waals surface area (Å²) in [6.45, 7) is 0. The van der Waals surface area contributed by atoms with E-state index < -0.39 is 31.1 Å². The Morgan fingerprint density at radius 1 is 1.42 bits per heavy atom. The Hall–Kier alpha value is -1.13. The fourth-order valence-corrected chi connectivity index (χ4v) is 6.82. The summed E-state index contributed by atoms with van der Waals surface area (Å²) in [6.07, 6.45) is 0.0643. The molecule has 1 aromatic rings. The average molecular weight is 325 g/mol. The molecule has 1 atom stereocenters. The summed E-state index contributed by atoms with van der Waals surface area (Å²) in [7, 11) is -7.10. The lowest BCUT2D eigenvalue weighted by Gasteiger charge is -2.10. The Balaban J connectivity index is 2.15. The van der Waals surface area contributed by atoms with Gasteiger partial charge in [-0.15, -0.1) is 11.3 Å². The van der Waals surface area contributed by atoms with Crippen molar-refractivity contribution in [3.63, 3.8) is 0 Å². The molecule has 10 heteroatoms. The molecule has 7 nitrogen and oxygen atoms in total. The summed E-state index contributed by atoms with van der Waals surface area (Å²) in [6, 6.07) is 2.63. The van der Waals surface area contributed by atoms with Crippen molar-refractivity contribution in [1.82, 2.24) is 0 Å². The number of aromatic carboxylic acids is 1. The average Bonchev–Trinajstić information content (AvgIpc) is 2.84. The molecule has 0 amide bonds. The highest BCUT2D eigenvalue weighted by Crippen LogP contribution is 2.26. The van der Waals surface area contributed by atoms with Crippen molar-refractivity contribution in [2.24, 2.45) is 0 Å². The largest absolute Gasteiger partial charge is 0.477 e. The zero-order valence-electron chi connectivity index (χ0n) is 9.57. The van der Waals surface area contributed by atoms with Gasteiger partial charge in [-0.05, 0) is 18.6 Å². The van der Waals surface area contributed by atoms with E-state index in [2.05, 4.69) is 4.72 Å². The van der Waals surface area contributed by atoms with Crippen LogP contribution in [0.2, 0.25) is 0 Å². The van der Waals surface area contributed by atoms with Gasteiger partial charge in [-0.3, -0.25) is 4.72 Å². The molecule has 0 radical (unpaired) electrons. The maximum absolute atomic E-state index is 12.0. The van der Waals surface area contributed by atoms with Gasteiger partial charge in [-0.2, -0.15) is 0 Å². The number of carbonyl (C=O) groups is 1. The zero-order chi connectivity index (χ0) is 14.3. The minimum atomic E-state index is -3.81. The number of thiophene rings is 1. The second kappa shape index (κ2) is 4.76. The van der Waals surface area contributed by atoms with E-state index in [4.69, 9.17) is 5.11 Å². The van der Waals surface area contributed by atoms with Gasteiger partial charge in [0.15, 0.2) is 9.84 Å². The molecule has 0 bridgehead atoms. The van der Waals surface area contributed by atoms with E-state index in [9.17, 15) is 21.6 Å². The van der Waals surface area contributed by atoms with Crippen LogP contribution in [-0.4, -0.2) is 44.7 Å². The molecule has 19 heavy (non-hydrogen) atoms. The standard InChI is InChI=1S/C9H11NO6S3/c11-9(12)7-1-2-8(17-7)10-19(15,16)6-3-4-18(13,14)5-6/h1-2,6,10H,3-5H2,(H,11,12). The van der Waals surface area contributed by atoms with Gasteiger partial charge >= 0.3 is 5.97 Å². The quantitative estimate of drug-likeness (QED) is 0.826. The van der Waals surface area contributed by atoms with Crippen molar-refractivity contribution in [2.75, 3.05) is 16.2 Å². The van der Waals surface area contributed by atoms with Crippen LogP contribution >= 0.6 is 11.3 Å². The molecule has 1 aromatic heterocycles. The summed E-state index contributed by atoms with van der Waals surface area (Å²) < 4.78 is 48.7. The maximum atomic E-state index is 12.0. The number of nitrogens with one attached hydrogen (secondary N) is 1. The van der Waals surface area contributed by atoms with E-state index in [1.165, 1.54) is 12.1 Å². The highest BCUT2D eigenvalue weighted by atomic mass is 32.2. The van der Waals surface area contributed by atoms with Crippen LogP contribution in [0.3, 0.4) is 0 Å². The Kier molecular flexibility index (Phi) is 3.58. The number of anilines is 1. The topological polar surface area (TPSA) is 118 Å². The highest BCUT2D eigenvalue weighted by Gasteiger charge is 2.37. The predicted octanol–water partition coefficient (Wildman–Crippen LogP) is 0.375. The van der Waals surface area contributed by atoms with E-state index in [0.29, 0.717) is 0 Å². The third-order valence-corrected chi connectivity index (χ3v) is 7.57. The normalized spacial score (nSPS) is 22.2. The first kappa shape index (κ1) is 14.3. The Labute approximate surface area is 114 Å². The SMILES string of the molecule is O=C(O)c1ccc(NS(=O)(=O)C2CCS(=O)(=O)C2)s1. The molecule has 1 unspecified atom stereocenters. The molecule has 106 valence electrons. The molecule has 1 aliphatic rings. The van der Waals surface area contributed by atoms with Crippen molar-refractivity contribution in [3.05, 3.63) is 17.0 Å². The predicted molar refractivity (Wildman–Crippen MR) is 70.9 cm³/mol. The fraction of sp³-hybridized carbons (Fsp3) is 0.444. The summed E-state index contributed by atoms with van der Waals surface area (Å²) in [5, 5.41) is 7.92. The lowest BCUT2D eigenvalue weighted by molar-refractivity contribution is 0.0702. The Morgan fingerprint density at radius 3 is 2.58 bits per heavy atom. The van der Waals surface area contributed by atoms with Gasteiger partial charge in [-0.25, -0.2) is 21.6 Å². The lowest BCUT2D eigenvalue weighted by atomic mass is 10.4. The second-order valence-corrected chi connectivity index (χ2v) is 9.41. The van der Waals surface area contributed by atoms with Gasteiger partial charge in [0.25, 0.3) is 0 Å². The van der Waals surface area contributed by atoms with Gasteiger partial charge in [0.2, 0.25) is 10.0 Å². The minimum absolute atomic E-state index is 0.0109. The molecule has 0 aliphatic carbocycles. The maximum Gasteiger partial charge on any atom is 0.345 e. The van der Waals surface area contributed by atoms with E-state index in [0.717, 1.165) is 11.3 Å². The first-order chi connectivity index (χ1) is 8.70.